The number of aromatic amines is 1. The van der Waals surface area contributed by atoms with E-state index in [1.54, 1.807) is 48.5 Å². The molecule has 5 aromatic carbocycles. The number of carbonyl (C=O) groups excluding carboxylic acids is 2. The third kappa shape index (κ3) is 11.1. The second-order valence-electron chi connectivity index (χ2n) is 16.7. The van der Waals surface area contributed by atoms with E-state index >= 15 is 0 Å². The van der Waals surface area contributed by atoms with Gasteiger partial charge in [-0.15, -0.1) is 0 Å². The molecule has 66 heavy (non-hydrogen) atoms. The van der Waals surface area contributed by atoms with Crippen LogP contribution in [0, 0.1) is 5.92 Å². The molecule has 0 aliphatic carbocycles. The molecule has 3 saturated heterocycles. The van der Waals surface area contributed by atoms with Gasteiger partial charge in [-0.3, -0.25) is 9.69 Å². The number of piperidine rings is 3. The first-order valence-electron chi connectivity index (χ1n) is 21.9. The van der Waals surface area contributed by atoms with Crippen molar-refractivity contribution in [1.29, 1.82) is 0 Å². The third-order valence-electron chi connectivity index (χ3n) is 12.2. The molecule has 2 bridgehead atoms. The van der Waals surface area contributed by atoms with E-state index in [0.29, 0.717) is 34.7 Å². The largest absolute Gasteiger partial charge is 0.506 e. The van der Waals surface area contributed by atoms with Gasteiger partial charge in [-0.1, -0.05) is 72.8 Å². The molecule has 0 radical (unpaired) electrons. The number of H-pyrrole nitrogens is 1. The number of hydrogen-bond acceptors (Lipinski definition) is 12. The van der Waals surface area contributed by atoms with E-state index in [0.717, 1.165) is 59.0 Å². The topological polar surface area (TPSA) is 200 Å². The molecule has 344 valence electrons. The SMILES string of the molecule is CN(CCOC(=O)c1ccc(COc2cccc(C(NC(=O)O[C@H]3CN4CCC3CC4)c3ccccc3)c2)cc1)S(=O)(=O)c1ccc(CNC[C@H](O)c2ccc(O)c3[nH]c(=O)ccc23)cc1. The van der Waals surface area contributed by atoms with Crippen LogP contribution >= 0.6 is 0 Å². The maximum atomic E-state index is 13.3. The molecule has 3 aliphatic heterocycles. The summed E-state index contributed by atoms with van der Waals surface area (Å²) in [5.41, 5.74) is 4.05. The Bertz CT molecular complexity index is 2800. The van der Waals surface area contributed by atoms with Crippen molar-refractivity contribution in [1.82, 2.24) is 24.8 Å². The highest BCUT2D eigenvalue weighted by atomic mass is 32.2. The number of phenols is 1. The minimum Gasteiger partial charge on any atom is -0.506 e. The smallest absolute Gasteiger partial charge is 0.408 e. The third-order valence-corrected chi connectivity index (χ3v) is 14.1. The van der Waals surface area contributed by atoms with Gasteiger partial charge in [-0.05, 0) is 108 Å². The maximum absolute atomic E-state index is 13.3. The summed E-state index contributed by atoms with van der Waals surface area (Å²) in [6, 6.07) is 35.8. The van der Waals surface area contributed by atoms with Gasteiger partial charge in [0.05, 0.1) is 28.1 Å². The first-order chi connectivity index (χ1) is 31.9. The van der Waals surface area contributed by atoms with Crippen LogP contribution < -0.4 is 20.9 Å². The number of alkyl carbamates (subject to hydrolysis) is 1. The molecule has 3 atom stereocenters. The van der Waals surface area contributed by atoms with Crippen molar-refractivity contribution in [2.75, 3.05) is 46.4 Å². The second kappa shape index (κ2) is 20.7. The lowest BCUT2D eigenvalue weighted by molar-refractivity contribution is -0.0336. The number of sulfonamides is 1. The summed E-state index contributed by atoms with van der Waals surface area (Å²) >= 11 is 0. The Hall–Kier alpha value is -6.56. The summed E-state index contributed by atoms with van der Waals surface area (Å²) in [6.45, 7) is 3.38. The lowest BCUT2D eigenvalue weighted by Gasteiger charge is -2.43. The summed E-state index contributed by atoms with van der Waals surface area (Å²) < 4.78 is 45.3. The molecule has 5 N–H and O–H groups in total. The van der Waals surface area contributed by atoms with E-state index < -0.39 is 34.2 Å². The van der Waals surface area contributed by atoms with E-state index in [-0.39, 0.29) is 54.1 Å². The van der Waals surface area contributed by atoms with E-state index in [4.69, 9.17) is 14.2 Å². The van der Waals surface area contributed by atoms with E-state index in [1.165, 1.54) is 31.3 Å². The fraction of sp³-hybridized carbons (Fsp3) is 0.300. The van der Waals surface area contributed by atoms with Crippen molar-refractivity contribution in [2.45, 2.75) is 49.1 Å². The fourth-order valence-electron chi connectivity index (χ4n) is 8.47. The summed E-state index contributed by atoms with van der Waals surface area (Å²) in [6.07, 6.45) is 0.589. The predicted molar refractivity (Wildman–Crippen MR) is 248 cm³/mol. The quantitative estimate of drug-likeness (QED) is 0.0629. The molecule has 1 amide bonds. The monoisotopic (exact) mass is 915 g/mol. The van der Waals surface area contributed by atoms with E-state index in [1.807, 2.05) is 54.6 Å². The number of aromatic hydroxyl groups is 1. The van der Waals surface area contributed by atoms with Gasteiger partial charge in [0.15, 0.2) is 0 Å². The van der Waals surface area contributed by atoms with Gasteiger partial charge < -0.3 is 40.0 Å². The zero-order valence-corrected chi connectivity index (χ0v) is 37.3. The maximum Gasteiger partial charge on any atom is 0.408 e. The van der Waals surface area contributed by atoms with Gasteiger partial charge in [0.1, 0.15) is 30.8 Å². The van der Waals surface area contributed by atoms with Crippen LogP contribution in [0.25, 0.3) is 10.9 Å². The molecule has 0 spiro atoms. The molecule has 0 saturated carbocycles. The van der Waals surface area contributed by atoms with Gasteiger partial charge in [0, 0.05) is 44.7 Å². The van der Waals surface area contributed by atoms with Crippen LogP contribution in [0.5, 0.6) is 11.5 Å². The Balaban J connectivity index is 0.784. The van der Waals surface area contributed by atoms with E-state index in [9.17, 15) is 33.0 Å². The van der Waals surface area contributed by atoms with Crippen LogP contribution in [0.4, 0.5) is 4.79 Å². The average molecular weight is 916 g/mol. The number of nitrogens with zero attached hydrogens (tertiary/aromatic N) is 2. The number of amides is 1. The number of carbonyl (C=O) groups is 2. The Morgan fingerprint density at radius 3 is 2.33 bits per heavy atom. The first-order valence-corrected chi connectivity index (χ1v) is 23.4. The highest BCUT2D eigenvalue weighted by Crippen LogP contribution is 2.32. The van der Waals surface area contributed by atoms with E-state index in [2.05, 4.69) is 20.5 Å². The van der Waals surface area contributed by atoms with Crippen molar-refractivity contribution >= 4 is 33.0 Å². The molecule has 6 aromatic rings. The van der Waals surface area contributed by atoms with Crippen molar-refractivity contribution < 1.29 is 42.4 Å². The number of aromatic nitrogens is 1. The number of aliphatic hydroxyl groups excluding tert-OH is 1. The molecule has 3 aliphatic rings. The Kier molecular flexibility index (Phi) is 14.4. The van der Waals surface area contributed by atoms with Gasteiger partial charge in [-0.25, -0.2) is 18.0 Å². The summed E-state index contributed by atoms with van der Waals surface area (Å²) in [5, 5.41) is 27.7. The minimum absolute atomic E-state index is 0.0678. The normalized spacial score (nSPS) is 17.8. The number of benzene rings is 5. The van der Waals surface area contributed by atoms with Crippen LogP contribution in [-0.4, -0.2) is 97.4 Å². The van der Waals surface area contributed by atoms with Gasteiger partial charge in [0.25, 0.3) is 0 Å². The van der Waals surface area contributed by atoms with Gasteiger partial charge in [-0.2, -0.15) is 4.31 Å². The molecular formula is C50H53N5O10S. The summed E-state index contributed by atoms with van der Waals surface area (Å²) in [5.74, 6) is 0.309. The van der Waals surface area contributed by atoms with Crippen molar-refractivity contribution in [2.24, 2.45) is 5.92 Å². The standard InChI is InChI=1S/C50H53N5O10S/c1-54(66(61,62)40-16-12-33(13-17-40)29-51-30-44(57)41-18-20-43(56)48-42(41)19-21-46(58)52-48)26-27-63-49(59)37-14-10-34(11-15-37)32-64-39-9-5-8-38(28-39)47(36-6-3-2-4-7-36)53-50(60)65-45-31-55-24-22-35(45)23-25-55/h2-21,28,35,44-45,47,51,56-57H,22-27,29-32H2,1H3,(H,52,58)(H,53,60)/t44-,45-,47?/m0/s1. The number of fused-ring (bicyclic) bond motifs is 4. The minimum atomic E-state index is -3.89. The molecule has 1 aromatic heterocycles. The lowest BCUT2D eigenvalue weighted by Crippen LogP contribution is -2.52. The number of esters is 1. The highest BCUT2D eigenvalue weighted by molar-refractivity contribution is 7.89. The highest BCUT2D eigenvalue weighted by Gasteiger charge is 2.37. The Labute approximate surface area is 383 Å². The number of ether oxygens (including phenoxy) is 3. The average Bonchev–Trinajstić information content (AvgIpc) is 3.33. The second-order valence-corrected chi connectivity index (χ2v) is 18.7. The number of likely N-dealkylation sites (N-methyl/N-ethyl adjacent to an activating group) is 1. The molecule has 1 unspecified atom stereocenters. The van der Waals surface area contributed by atoms with Crippen LogP contribution in [0.1, 0.15) is 63.2 Å². The van der Waals surface area contributed by atoms with Crippen LogP contribution in [0.2, 0.25) is 0 Å². The first kappa shape index (κ1) is 46.0. The lowest BCUT2D eigenvalue weighted by atomic mass is 9.86. The summed E-state index contributed by atoms with van der Waals surface area (Å²) in [4.78, 5) is 42.9. The zero-order chi connectivity index (χ0) is 46.2. The number of pyridine rings is 1. The number of nitrogens with one attached hydrogen (secondary N) is 3. The predicted octanol–water partition coefficient (Wildman–Crippen LogP) is 6.02. The Morgan fingerprint density at radius 1 is 0.879 bits per heavy atom. The molecule has 3 fully saturated rings. The van der Waals surface area contributed by atoms with Crippen molar-refractivity contribution in [3.63, 3.8) is 0 Å². The number of phenolic OH excluding ortho intramolecular Hbond substituents is 1. The van der Waals surface area contributed by atoms with Crippen molar-refractivity contribution in [3.8, 4) is 11.5 Å². The summed E-state index contributed by atoms with van der Waals surface area (Å²) in [7, 11) is -2.47. The zero-order valence-electron chi connectivity index (χ0n) is 36.5. The van der Waals surface area contributed by atoms with Gasteiger partial charge in [0.2, 0.25) is 15.6 Å². The molecular weight excluding hydrogens is 863 g/mol. The molecule has 16 heteroatoms. The van der Waals surface area contributed by atoms with Gasteiger partial charge >= 0.3 is 12.1 Å². The Morgan fingerprint density at radius 2 is 1.61 bits per heavy atom. The molecule has 15 nitrogen and oxygen atoms in total. The van der Waals surface area contributed by atoms with Crippen LogP contribution in [0.15, 0.2) is 137 Å². The number of hydrogen-bond donors (Lipinski definition) is 5. The number of rotatable bonds is 18. The van der Waals surface area contributed by atoms with Crippen molar-refractivity contribution in [3.05, 3.63) is 171 Å². The van der Waals surface area contributed by atoms with Crippen LogP contribution in [-0.2, 0) is 32.6 Å². The molecule has 4 heterocycles. The fourth-order valence-corrected chi connectivity index (χ4v) is 9.62. The molecule has 9 rings (SSSR count). The number of aliphatic hydroxyl groups is 1. The van der Waals surface area contributed by atoms with Crippen LogP contribution in [0.3, 0.4) is 0 Å².